The fourth-order valence-corrected chi connectivity index (χ4v) is 1.50. The van der Waals surface area contributed by atoms with Gasteiger partial charge in [0.15, 0.2) is 0 Å². The van der Waals surface area contributed by atoms with Gasteiger partial charge in [0.2, 0.25) is 5.88 Å². The van der Waals surface area contributed by atoms with E-state index in [0.29, 0.717) is 11.8 Å². The zero-order valence-electron chi connectivity index (χ0n) is 8.29. The monoisotopic (exact) mass is 211 g/mol. The lowest BCUT2D eigenvalue weighted by Gasteiger charge is -2.06. The van der Waals surface area contributed by atoms with Crippen molar-refractivity contribution < 1.29 is 4.74 Å². The number of aromatic nitrogens is 1. The standard InChI is InChI=1S/C11H14ClNO/c1-8-4-10(6-12)5-11(13-8)14-7-9-2-3-9/h4-5,9H,2-3,6-7H2,1H3. The molecule has 0 unspecified atom stereocenters. The van der Waals surface area contributed by atoms with Gasteiger partial charge in [-0.25, -0.2) is 4.98 Å². The van der Waals surface area contributed by atoms with Crippen molar-refractivity contribution in [1.82, 2.24) is 4.98 Å². The van der Waals surface area contributed by atoms with E-state index >= 15 is 0 Å². The molecule has 1 heterocycles. The Kier molecular flexibility index (Phi) is 2.92. The summed E-state index contributed by atoms with van der Waals surface area (Å²) in [4.78, 5) is 4.30. The molecule has 1 fully saturated rings. The maximum absolute atomic E-state index is 5.76. The number of aryl methyl sites for hydroxylation is 1. The molecule has 2 nitrogen and oxygen atoms in total. The maximum atomic E-state index is 5.76. The molecule has 1 saturated carbocycles. The molecule has 1 aromatic rings. The number of nitrogens with zero attached hydrogens (tertiary/aromatic N) is 1. The van der Waals surface area contributed by atoms with E-state index in [1.54, 1.807) is 0 Å². The highest BCUT2D eigenvalue weighted by molar-refractivity contribution is 6.17. The van der Waals surface area contributed by atoms with Gasteiger partial charge in [-0.15, -0.1) is 11.6 Å². The van der Waals surface area contributed by atoms with Gasteiger partial charge in [-0.1, -0.05) is 0 Å². The van der Waals surface area contributed by atoms with Gasteiger partial charge in [0.1, 0.15) is 0 Å². The van der Waals surface area contributed by atoms with Crippen molar-refractivity contribution in [3.8, 4) is 5.88 Å². The first kappa shape index (κ1) is 9.78. The molecule has 0 N–H and O–H groups in total. The molecular formula is C11H14ClNO. The van der Waals surface area contributed by atoms with Gasteiger partial charge in [-0.3, -0.25) is 0 Å². The van der Waals surface area contributed by atoms with E-state index in [-0.39, 0.29) is 0 Å². The Balaban J connectivity index is 2.03. The second kappa shape index (κ2) is 4.18. The summed E-state index contributed by atoms with van der Waals surface area (Å²) in [7, 11) is 0. The van der Waals surface area contributed by atoms with Crippen molar-refractivity contribution in [2.45, 2.75) is 25.6 Å². The van der Waals surface area contributed by atoms with Gasteiger partial charge in [0.05, 0.1) is 6.61 Å². The topological polar surface area (TPSA) is 22.1 Å². The van der Waals surface area contributed by atoms with Gasteiger partial charge in [0.25, 0.3) is 0 Å². The molecule has 14 heavy (non-hydrogen) atoms. The van der Waals surface area contributed by atoms with Crippen LogP contribution in [0.2, 0.25) is 0 Å². The molecule has 1 aliphatic carbocycles. The maximum Gasteiger partial charge on any atom is 0.213 e. The summed E-state index contributed by atoms with van der Waals surface area (Å²) < 4.78 is 5.58. The summed E-state index contributed by atoms with van der Waals surface area (Å²) in [5.74, 6) is 1.99. The molecule has 0 bridgehead atoms. The van der Waals surface area contributed by atoms with E-state index in [4.69, 9.17) is 16.3 Å². The zero-order valence-corrected chi connectivity index (χ0v) is 9.05. The van der Waals surface area contributed by atoms with Crippen molar-refractivity contribution in [2.75, 3.05) is 6.61 Å². The number of hydrogen-bond acceptors (Lipinski definition) is 2. The fourth-order valence-electron chi connectivity index (χ4n) is 1.35. The molecule has 0 radical (unpaired) electrons. The number of pyridine rings is 1. The summed E-state index contributed by atoms with van der Waals surface area (Å²) in [6.07, 6.45) is 2.60. The third kappa shape index (κ3) is 2.61. The summed E-state index contributed by atoms with van der Waals surface area (Å²) >= 11 is 5.76. The Morgan fingerprint density at radius 1 is 1.50 bits per heavy atom. The molecule has 3 heteroatoms. The predicted molar refractivity (Wildman–Crippen MR) is 56.8 cm³/mol. The molecule has 0 aliphatic heterocycles. The lowest BCUT2D eigenvalue weighted by Crippen LogP contribution is -2.02. The lowest BCUT2D eigenvalue weighted by molar-refractivity contribution is 0.288. The summed E-state index contributed by atoms with van der Waals surface area (Å²) in [5, 5.41) is 0. The Labute approximate surface area is 89.3 Å². The smallest absolute Gasteiger partial charge is 0.213 e. The number of rotatable bonds is 4. The van der Waals surface area contributed by atoms with E-state index in [9.17, 15) is 0 Å². The van der Waals surface area contributed by atoms with Crippen LogP contribution in [-0.4, -0.2) is 11.6 Å². The van der Waals surface area contributed by atoms with Gasteiger partial charge in [0, 0.05) is 17.6 Å². The molecule has 0 spiro atoms. The van der Waals surface area contributed by atoms with E-state index in [2.05, 4.69) is 4.98 Å². The highest BCUT2D eigenvalue weighted by Gasteiger charge is 2.22. The zero-order chi connectivity index (χ0) is 9.97. The number of halogens is 1. The van der Waals surface area contributed by atoms with E-state index in [1.807, 2.05) is 19.1 Å². The van der Waals surface area contributed by atoms with E-state index in [1.165, 1.54) is 12.8 Å². The van der Waals surface area contributed by atoms with Crippen LogP contribution in [0.25, 0.3) is 0 Å². The van der Waals surface area contributed by atoms with Gasteiger partial charge in [-0.05, 0) is 37.3 Å². The van der Waals surface area contributed by atoms with Crippen LogP contribution in [0.4, 0.5) is 0 Å². The molecule has 0 amide bonds. The highest BCUT2D eigenvalue weighted by Crippen LogP contribution is 2.29. The fraction of sp³-hybridized carbons (Fsp3) is 0.545. The number of alkyl halides is 1. The second-order valence-electron chi connectivity index (χ2n) is 3.84. The summed E-state index contributed by atoms with van der Waals surface area (Å²) in [6, 6.07) is 3.90. The van der Waals surface area contributed by atoms with Crippen LogP contribution in [-0.2, 0) is 5.88 Å². The van der Waals surface area contributed by atoms with Crippen molar-refractivity contribution >= 4 is 11.6 Å². The predicted octanol–water partition coefficient (Wildman–Crippen LogP) is 2.92. The third-order valence-corrected chi connectivity index (χ3v) is 2.62. The molecule has 2 rings (SSSR count). The Hall–Kier alpha value is -0.760. The average Bonchev–Trinajstić information content (AvgIpc) is 2.97. The first-order valence-electron chi connectivity index (χ1n) is 4.94. The van der Waals surface area contributed by atoms with Crippen LogP contribution in [0.5, 0.6) is 5.88 Å². The Morgan fingerprint density at radius 2 is 2.29 bits per heavy atom. The van der Waals surface area contributed by atoms with Crippen molar-refractivity contribution in [3.63, 3.8) is 0 Å². The second-order valence-corrected chi connectivity index (χ2v) is 4.11. The van der Waals surface area contributed by atoms with Crippen LogP contribution in [0.3, 0.4) is 0 Å². The Bertz CT molecular complexity index is 323. The molecule has 0 aromatic carbocycles. The minimum Gasteiger partial charge on any atom is -0.477 e. The SMILES string of the molecule is Cc1cc(CCl)cc(OCC2CC2)n1. The van der Waals surface area contributed by atoms with Crippen LogP contribution in [0.1, 0.15) is 24.1 Å². The van der Waals surface area contributed by atoms with Crippen molar-refractivity contribution in [2.24, 2.45) is 5.92 Å². The number of hydrogen-bond donors (Lipinski definition) is 0. The van der Waals surface area contributed by atoms with Crippen molar-refractivity contribution in [3.05, 3.63) is 23.4 Å². The molecule has 1 aliphatic rings. The van der Waals surface area contributed by atoms with Crippen LogP contribution in [0, 0.1) is 12.8 Å². The first-order valence-corrected chi connectivity index (χ1v) is 5.47. The number of ether oxygens (including phenoxy) is 1. The van der Waals surface area contributed by atoms with Gasteiger partial charge >= 0.3 is 0 Å². The normalized spacial score (nSPS) is 15.6. The quantitative estimate of drug-likeness (QED) is 0.715. The largest absolute Gasteiger partial charge is 0.477 e. The third-order valence-electron chi connectivity index (χ3n) is 2.31. The minimum atomic E-state index is 0.517. The molecule has 0 atom stereocenters. The summed E-state index contributed by atoms with van der Waals surface area (Å²) in [5.41, 5.74) is 2.04. The van der Waals surface area contributed by atoms with Crippen LogP contribution in [0.15, 0.2) is 12.1 Å². The molecule has 0 saturated heterocycles. The highest BCUT2D eigenvalue weighted by atomic mass is 35.5. The van der Waals surface area contributed by atoms with Crippen molar-refractivity contribution in [1.29, 1.82) is 0 Å². The van der Waals surface area contributed by atoms with Crippen LogP contribution < -0.4 is 4.74 Å². The van der Waals surface area contributed by atoms with Gasteiger partial charge < -0.3 is 4.74 Å². The minimum absolute atomic E-state index is 0.517. The van der Waals surface area contributed by atoms with Crippen LogP contribution >= 0.6 is 11.6 Å². The van der Waals surface area contributed by atoms with E-state index < -0.39 is 0 Å². The summed E-state index contributed by atoms with van der Waals surface area (Å²) in [6.45, 7) is 2.76. The lowest BCUT2D eigenvalue weighted by atomic mass is 10.2. The molecule has 76 valence electrons. The molecular weight excluding hydrogens is 198 g/mol. The van der Waals surface area contributed by atoms with E-state index in [0.717, 1.165) is 23.8 Å². The average molecular weight is 212 g/mol. The molecule has 1 aromatic heterocycles. The first-order chi connectivity index (χ1) is 6.78. The van der Waals surface area contributed by atoms with Gasteiger partial charge in [-0.2, -0.15) is 0 Å². The Morgan fingerprint density at radius 3 is 2.93 bits per heavy atom.